The molecule has 0 aromatic rings. The summed E-state index contributed by atoms with van der Waals surface area (Å²) < 4.78 is 31.5. The third kappa shape index (κ3) is 3.66. The van der Waals surface area contributed by atoms with Crippen LogP contribution in [0.3, 0.4) is 0 Å². The van der Waals surface area contributed by atoms with Crippen molar-refractivity contribution < 1.29 is 13.2 Å². The lowest BCUT2D eigenvalue weighted by atomic mass is 10.1. The minimum absolute atomic E-state index is 0.118. The summed E-state index contributed by atoms with van der Waals surface area (Å²) in [5.74, 6) is 0.237. The van der Waals surface area contributed by atoms with E-state index >= 15 is 0 Å². The molecule has 0 saturated carbocycles. The molecule has 1 unspecified atom stereocenters. The zero-order valence-electron chi connectivity index (χ0n) is 11.1. The second-order valence-corrected chi connectivity index (χ2v) is 7.36. The Bertz CT molecular complexity index is 346. The number of ether oxygens (including phenoxy) is 1. The van der Waals surface area contributed by atoms with Crippen LogP contribution in [0.1, 0.15) is 32.1 Å². The lowest BCUT2D eigenvalue weighted by molar-refractivity contribution is 0.0631. The maximum absolute atomic E-state index is 12.3. The first-order valence-corrected chi connectivity index (χ1v) is 8.47. The smallest absolute Gasteiger partial charge is 0.215 e. The standard InChI is InChI=1S/C12H24N2O3S/c1-14(12-5-8-17-9-6-12)18(15,16)10-11-4-2-3-7-13-11/h11-13H,2-10H2,1H3. The van der Waals surface area contributed by atoms with E-state index in [1.54, 1.807) is 11.4 Å². The SMILES string of the molecule is CN(C1CCOCC1)S(=O)(=O)CC1CCCCN1. The van der Waals surface area contributed by atoms with Crippen LogP contribution in [0.25, 0.3) is 0 Å². The van der Waals surface area contributed by atoms with Crippen LogP contribution in [0, 0.1) is 0 Å². The van der Waals surface area contributed by atoms with E-state index in [-0.39, 0.29) is 17.8 Å². The Morgan fingerprint density at radius 1 is 1.22 bits per heavy atom. The van der Waals surface area contributed by atoms with Gasteiger partial charge in [-0.05, 0) is 32.2 Å². The highest BCUT2D eigenvalue weighted by Gasteiger charge is 2.30. The van der Waals surface area contributed by atoms with Crippen molar-refractivity contribution >= 4 is 10.0 Å². The van der Waals surface area contributed by atoms with Crippen LogP contribution in [-0.2, 0) is 14.8 Å². The van der Waals surface area contributed by atoms with Crippen molar-refractivity contribution in [1.29, 1.82) is 0 Å². The monoisotopic (exact) mass is 276 g/mol. The van der Waals surface area contributed by atoms with Gasteiger partial charge in [0.05, 0.1) is 5.75 Å². The summed E-state index contributed by atoms with van der Waals surface area (Å²) in [6.45, 7) is 2.29. The zero-order chi connectivity index (χ0) is 13.0. The van der Waals surface area contributed by atoms with Gasteiger partial charge in [0.1, 0.15) is 0 Å². The van der Waals surface area contributed by atoms with Crippen LogP contribution in [0.15, 0.2) is 0 Å². The van der Waals surface area contributed by atoms with Crippen molar-refractivity contribution in [2.24, 2.45) is 0 Å². The molecule has 1 atom stereocenters. The molecule has 2 rings (SSSR count). The van der Waals surface area contributed by atoms with E-state index in [9.17, 15) is 8.42 Å². The van der Waals surface area contributed by atoms with Crippen LogP contribution in [0.4, 0.5) is 0 Å². The molecule has 1 N–H and O–H groups in total. The van der Waals surface area contributed by atoms with Crippen LogP contribution in [0.2, 0.25) is 0 Å². The average molecular weight is 276 g/mol. The molecule has 0 radical (unpaired) electrons. The van der Waals surface area contributed by atoms with Crippen LogP contribution in [-0.4, -0.2) is 57.4 Å². The normalized spacial score (nSPS) is 27.6. The summed E-state index contributed by atoms with van der Waals surface area (Å²) in [4.78, 5) is 0. The minimum Gasteiger partial charge on any atom is -0.381 e. The Hall–Kier alpha value is -0.170. The molecule has 5 nitrogen and oxygen atoms in total. The predicted molar refractivity (Wildman–Crippen MR) is 71.0 cm³/mol. The van der Waals surface area contributed by atoms with Gasteiger partial charge in [0.25, 0.3) is 0 Å². The number of nitrogens with zero attached hydrogens (tertiary/aromatic N) is 1. The molecule has 2 saturated heterocycles. The first-order chi connectivity index (χ1) is 8.59. The Morgan fingerprint density at radius 3 is 2.56 bits per heavy atom. The van der Waals surface area contributed by atoms with E-state index in [0.29, 0.717) is 13.2 Å². The number of sulfonamides is 1. The Morgan fingerprint density at radius 2 is 1.94 bits per heavy atom. The molecule has 2 fully saturated rings. The Kier molecular flexibility index (Phi) is 5.00. The summed E-state index contributed by atoms with van der Waals surface area (Å²) in [7, 11) is -1.43. The highest BCUT2D eigenvalue weighted by atomic mass is 32.2. The van der Waals surface area contributed by atoms with Crippen molar-refractivity contribution in [1.82, 2.24) is 9.62 Å². The van der Waals surface area contributed by atoms with Gasteiger partial charge >= 0.3 is 0 Å². The summed E-state index contributed by atoms with van der Waals surface area (Å²) in [5.41, 5.74) is 0. The quantitative estimate of drug-likeness (QED) is 0.815. The minimum atomic E-state index is -3.14. The molecular weight excluding hydrogens is 252 g/mol. The number of rotatable bonds is 4. The van der Waals surface area contributed by atoms with Crippen molar-refractivity contribution in [3.8, 4) is 0 Å². The molecule has 0 aromatic heterocycles. The second kappa shape index (κ2) is 6.32. The van der Waals surface area contributed by atoms with Crippen LogP contribution >= 0.6 is 0 Å². The number of nitrogens with one attached hydrogen (secondary N) is 1. The summed E-state index contributed by atoms with van der Waals surface area (Å²) in [5, 5.41) is 3.30. The van der Waals surface area contributed by atoms with E-state index in [2.05, 4.69) is 5.32 Å². The van der Waals surface area contributed by atoms with E-state index in [1.807, 2.05) is 0 Å². The van der Waals surface area contributed by atoms with Gasteiger partial charge < -0.3 is 10.1 Å². The highest BCUT2D eigenvalue weighted by Crippen LogP contribution is 2.18. The van der Waals surface area contributed by atoms with Gasteiger partial charge in [-0.1, -0.05) is 6.42 Å². The van der Waals surface area contributed by atoms with Gasteiger partial charge in [0, 0.05) is 32.3 Å². The van der Waals surface area contributed by atoms with Crippen LogP contribution in [0.5, 0.6) is 0 Å². The third-order valence-corrected chi connectivity index (χ3v) is 5.97. The molecule has 0 aliphatic carbocycles. The van der Waals surface area contributed by atoms with Gasteiger partial charge in [-0.15, -0.1) is 0 Å². The molecule has 18 heavy (non-hydrogen) atoms. The van der Waals surface area contributed by atoms with Crippen LogP contribution < -0.4 is 5.32 Å². The van der Waals surface area contributed by atoms with Gasteiger partial charge in [0.15, 0.2) is 0 Å². The molecule has 0 spiro atoms. The molecule has 2 aliphatic rings. The lowest BCUT2D eigenvalue weighted by Gasteiger charge is -2.32. The van der Waals surface area contributed by atoms with Gasteiger partial charge in [-0.2, -0.15) is 0 Å². The lowest BCUT2D eigenvalue weighted by Crippen LogP contribution is -2.47. The van der Waals surface area contributed by atoms with E-state index < -0.39 is 10.0 Å². The zero-order valence-corrected chi connectivity index (χ0v) is 11.9. The first-order valence-electron chi connectivity index (χ1n) is 6.86. The molecule has 0 amide bonds. The first kappa shape index (κ1) is 14.2. The predicted octanol–water partition coefficient (Wildman–Crippen LogP) is 0.569. The summed E-state index contributed by atoms with van der Waals surface area (Å²) in [6.07, 6.45) is 4.89. The highest BCUT2D eigenvalue weighted by molar-refractivity contribution is 7.89. The third-order valence-electron chi connectivity index (χ3n) is 3.97. The van der Waals surface area contributed by atoms with Crippen molar-refractivity contribution in [2.75, 3.05) is 32.6 Å². The fourth-order valence-corrected chi connectivity index (χ4v) is 4.41. The molecule has 2 heterocycles. The second-order valence-electron chi connectivity index (χ2n) is 5.29. The molecule has 0 aromatic carbocycles. The fraction of sp³-hybridized carbons (Fsp3) is 1.00. The largest absolute Gasteiger partial charge is 0.381 e. The van der Waals surface area contributed by atoms with Gasteiger partial charge in [-0.3, -0.25) is 0 Å². The van der Waals surface area contributed by atoms with Crippen molar-refractivity contribution in [3.05, 3.63) is 0 Å². The summed E-state index contributed by atoms with van der Waals surface area (Å²) >= 11 is 0. The van der Waals surface area contributed by atoms with E-state index in [1.165, 1.54) is 0 Å². The van der Waals surface area contributed by atoms with Crippen molar-refractivity contribution in [2.45, 2.75) is 44.2 Å². The fourth-order valence-electron chi connectivity index (χ4n) is 2.71. The van der Waals surface area contributed by atoms with Gasteiger partial charge in [-0.25, -0.2) is 12.7 Å². The Balaban J connectivity index is 1.91. The number of hydrogen-bond acceptors (Lipinski definition) is 4. The Labute approximate surface area is 110 Å². The number of hydrogen-bond donors (Lipinski definition) is 1. The molecule has 0 bridgehead atoms. The maximum atomic E-state index is 12.3. The molecule has 2 aliphatic heterocycles. The summed E-state index contributed by atoms with van der Waals surface area (Å²) in [6, 6.07) is 0.249. The molecule has 106 valence electrons. The van der Waals surface area contributed by atoms with E-state index in [4.69, 9.17) is 4.74 Å². The molecule has 6 heteroatoms. The maximum Gasteiger partial charge on any atom is 0.215 e. The topological polar surface area (TPSA) is 58.6 Å². The average Bonchev–Trinajstić information content (AvgIpc) is 2.39. The van der Waals surface area contributed by atoms with Crippen molar-refractivity contribution in [3.63, 3.8) is 0 Å². The molecular formula is C12H24N2O3S. The number of piperidine rings is 1. The van der Waals surface area contributed by atoms with E-state index in [0.717, 1.165) is 38.6 Å². The van der Waals surface area contributed by atoms with Gasteiger partial charge in [0.2, 0.25) is 10.0 Å².